The van der Waals surface area contributed by atoms with Gasteiger partial charge >= 0.3 is 0 Å². The highest BCUT2D eigenvalue weighted by molar-refractivity contribution is 7.89. The van der Waals surface area contributed by atoms with Crippen LogP contribution in [0.2, 0.25) is 0 Å². The van der Waals surface area contributed by atoms with Crippen LogP contribution in [-0.4, -0.2) is 134 Å². The van der Waals surface area contributed by atoms with Gasteiger partial charge in [0.2, 0.25) is 21.8 Å². The molecule has 0 saturated carbocycles. The maximum absolute atomic E-state index is 13.9. The van der Waals surface area contributed by atoms with E-state index in [2.05, 4.69) is 5.32 Å². The summed E-state index contributed by atoms with van der Waals surface area (Å²) < 4.78 is 53.8. The van der Waals surface area contributed by atoms with Gasteiger partial charge in [0, 0.05) is 38.8 Å². The minimum atomic E-state index is -4.30. The van der Waals surface area contributed by atoms with E-state index in [9.17, 15) is 32.6 Å². The Labute approximate surface area is 220 Å². The Morgan fingerprint density at radius 1 is 1.08 bits per heavy atom. The van der Waals surface area contributed by atoms with Crippen LogP contribution in [0.4, 0.5) is 4.39 Å². The fraction of sp³-hybridized carbons (Fsp3) is 0.667. The molecule has 14 heteroatoms. The number of hydrogen-bond acceptors (Lipinski definition) is 9. The molecule has 4 aliphatic heterocycles. The van der Waals surface area contributed by atoms with Gasteiger partial charge in [-0.1, -0.05) is 6.07 Å². The minimum Gasteiger partial charge on any atom is -0.388 e. The molecule has 0 spiro atoms. The van der Waals surface area contributed by atoms with E-state index >= 15 is 0 Å². The van der Waals surface area contributed by atoms with Crippen molar-refractivity contribution in [1.29, 1.82) is 0 Å². The first-order valence-electron chi connectivity index (χ1n) is 12.7. The third-order valence-corrected chi connectivity index (χ3v) is 9.55. The zero-order chi connectivity index (χ0) is 27.2. The van der Waals surface area contributed by atoms with E-state index in [1.807, 2.05) is 4.90 Å². The van der Waals surface area contributed by atoms with Crippen molar-refractivity contribution in [2.75, 3.05) is 46.4 Å². The quantitative estimate of drug-likeness (QED) is 0.381. The van der Waals surface area contributed by atoms with Crippen LogP contribution in [0.15, 0.2) is 29.2 Å². The van der Waals surface area contributed by atoms with Gasteiger partial charge in [0.05, 0.1) is 36.2 Å². The number of aliphatic hydroxyl groups excluding tert-OH is 2. The third-order valence-electron chi connectivity index (χ3n) is 7.72. The lowest BCUT2D eigenvalue weighted by molar-refractivity contribution is -0.143. The topological polar surface area (TPSA) is 149 Å². The number of carbonyl (C=O) groups excluding carboxylic acids is 2. The Morgan fingerprint density at radius 2 is 1.84 bits per heavy atom. The molecule has 0 radical (unpaired) electrons. The monoisotopic (exact) mass is 556 g/mol. The van der Waals surface area contributed by atoms with Crippen molar-refractivity contribution in [2.45, 2.75) is 60.3 Å². The summed E-state index contributed by atoms with van der Waals surface area (Å²) in [6.07, 6.45) is -5.61. The number of aliphatic hydroxyl groups is 2. The van der Waals surface area contributed by atoms with E-state index in [0.29, 0.717) is 19.5 Å². The molecule has 0 aromatic heterocycles. The molecule has 1 aromatic carbocycles. The van der Waals surface area contributed by atoms with Crippen molar-refractivity contribution >= 4 is 21.8 Å². The van der Waals surface area contributed by atoms with Gasteiger partial charge in [-0.25, -0.2) is 12.8 Å². The lowest BCUT2D eigenvalue weighted by Gasteiger charge is -2.37. The van der Waals surface area contributed by atoms with Crippen molar-refractivity contribution in [3.63, 3.8) is 0 Å². The molecule has 4 fully saturated rings. The SMILES string of the molecule is CN1C[C@@H]2C[C@H]1C(=O)N1CCO[C@@H](C1)CN(S(=O)(=O)c1cccc(F)c1)C[C@H]1O[C@@H](CC(=O)N2)[C@H](O)[C@@H]1O. The number of rotatable bonds is 2. The lowest BCUT2D eigenvalue weighted by atomic mass is 10.0. The highest BCUT2D eigenvalue weighted by Crippen LogP contribution is 2.28. The number of benzene rings is 1. The van der Waals surface area contributed by atoms with E-state index in [1.165, 1.54) is 12.1 Å². The van der Waals surface area contributed by atoms with Gasteiger partial charge in [0.1, 0.15) is 24.1 Å². The summed E-state index contributed by atoms with van der Waals surface area (Å²) in [6, 6.07) is 3.83. The number of carbonyl (C=O) groups is 2. The number of morpholine rings is 1. The van der Waals surface area contributed by atoms with Crippen LogP contribution >= 0.6 is 0 Å². The Balaban J connectivity index is 1.48. The summed E-state index contributed by atoms with van der Waals surface area (Å²) in [6.45, 7) is 0.566. The zero-order valence-corrected chi connectivity index (χ0v) is 21.8. The molecule has 4 aliphatic rings. The second-order valence-corrected chi connectivity index (χ2v) is 12.3. The number of fused-ring (bicyclic) bond motifs is 6. The molecule has 0 unspecified atom stereocenters. The highest BCUT2D eigenvalue weighted by Gasteiger charge is 2.47. The lowest BCUT2D eigenvalue weighted by Crippen LogP contribution is -2.55. The summed E-state index contributed by atoms with van der Waals surface area (Å²) in [7, 11) is -2.49. The summed E-state index contributed by atoms with van der Waals surface area (Å²) in [5, 5.41) is 24.2. The Hall–Kier alpha value is -2.20. The molecule has 4 heterocycles. The predicted octanol–water partition coefficient (Wildman–Crippen LogP) is -1.87. The molecule has 4 saturated heterocycles. The van der Waals surface area contributed by atoms with Crippen LogP contribution in [0.25, 0.3) is 0 Å². The van der Waals surface area contributed by atoms with E-state index in [4.69, 9.17) is 9.47 Å². The number of likely N-dealkylation sites (tertiary alicyclic amines) is 1. The Morgan fingerprint density at radius 3 is 2.61 bits per heavy atom. The van der Waals surface area contributed by atoms with Crippen LogP contribution in [0.1, 0.15) is 12.8 Å². The van der Waals surface area contributed by atoms with Crippen molar-refractivity contribution in [3.8, 4) is 0 Å². The van der Waals surface area contributed by atoms with Gasteiger partial charge < -0.3 is 29.9 Å². The zero-order valence-electron chi connectivity index (χ0n) is 21.0. The number of halogens is 1. The smallest absolute Gasteiger partial charge is 0.243 e. The number of ether oxygens (including phenoxy) is 2. The molecule has 1 aromatic rings. The molecule has 6 bridgehead atoms. The van der Waals surface area contributed by atoms with Gasteiger partial charge in [-0.2, -0.15) is 4.31 Å². The molecule has 5 rings (SSSR count). The van der Waals surface area contributed by atoms with Gasteiger partial charge in [0.15, 0.2) is 0 Å². The molecule has 3 N–H and O–H groups in total. The molecule has 2 amide bonds. The molecule has 0 aliphatic carbocycles. The van der Waals surface area contributed by atoms with Gasteiger partial charge in [-0.3, -0.25) is 14.5 Å². The standard InChI is InChI=1S/C24H33FN4O8S/c1-27-10-15-8-18(27)24(33)28-5-6-36-16(11-28)12-29(38(34,35)17-4-2-3-14(25)7-17)13-20-23(32)22(31)19(37-20)9-21(30)26-15/h2-4,7,15-16,18-20,22-23,31-32H,5-6,8-13H2,1H3,(H,26,30)/t15-,16-,18-,19-,20+,22-,23+/m0/s1. The molecular formula is C24H33FN4O8S. The Bertz CT molecular complexity index is 1170. The molecule has 210 valence electrons. The predicted molar refractivity (Wildman–Crippen MR) is 130 cm³/mol. The maximum Gasteiger partial charge on any atom is 0.243 e. The van der Waals surface area contributed by atoms with E-state index < -0.39 is 58.3 Å². The minimum absolute atomic E-state index is 0.126. The van der Waals surface area contributed by atoms with Crippen molar-refractivity contribution < 1.29 is 42.1 Å². The van der Waals surface area contributed by atoms with Crippen LogP contribution in [-0.2, 0) is 29.1 Å². The first kappa shape index (κ1) is 27.4. The molecule has 12 nitrogen and oxygen atoms in total. The number of likely N-dealkylation sites (N-methyl/N-ethyl adjacent to an activating group) is 1. The van der Waals surface area contributed by atoms with Gasteiger partial charge in [-0.05, 0) is 31.7 Å². The van der Waals surface area contributed by atoms with Crippen LogP contribution < -0.4 is 5.32 Å². The largest absolute Gasteiger partial charge is 0.388 e. The second-order valence-electron chi connectivity index (χ2n) is 10.4. The second kappa shape index (κ2) is 10.8. The molecule has 38 heavy (non-hydrogen) atoms. The van der Waals surface area contributed by atoms with Gasteiger partial charge in [0.25, 0.3) is 0 Å². The maximum atomic E-state index is 13.9. The average molecular weight is 557 g/mol. The van der Waals surface area contributed by atoms with E-state index in [-0.39, 0.29) is 49.5 Å². The fourth-order valence-electron chi connectivity index (χ4n) is 5.72. The van der Waals surface area contributed by atoms with E-state index in [0.717, 1.165) is 16.4 Å². The van der Waals surface area contributed by atoms with Crippen molar-refractivity contribution in [2.24, 2.45) is 0 Å². The van der Waals surface area contributed by atoms with Gasteiger partial charge in [-0.15, -0.1) is 0 Å². The number of sulfonamides is 1. The number of hydrogen-bond donors (Lipinski definition) is 3. The normalized spacial score (nSPS) is 35.9. The third kappa shape index (κ3) is 5.43. The van der Waals surface area contributed by atoms with Crippen LogP contribution in [0, 0.1) is 5.82 Å². The Kier molecular flexibility index (Phi) is 7.75. The van der Waals surface area contributed by atoms with Crippen LogP contribution in [0.3, 0.4) is 0 Å². The number of nitrogens with one attached hydrogen (secondary N) is 1. The van der Waals surface area contributed by atoms with Crippen molar-refractivity contribution in [1.82, 2.24) is 19.4 Å². The summed E-state index contributed by atoms with van der Waals surface area (Å²) in [5.41, 5.74) is 0. The summed E-state index contributed by atoms with van der Waals surface area (Å²) in [5.74, 6) is -1.27. The number of amides is 2. The average Bonchev–Trinajstić information content (AvgIpc) is 3.36. The van der Waals surface area contributed by atoms with E-state index in [1.54, 1.807) is 11.9 Å². The first-order valence-corrected chi connectivity index (χ1v) is 14.1. The highest BCUT2D eigenvalue weighted by atomic mass is 32.2. The van der Waals surface area contributed by atoms with Crippen LogP contribution in [0.5, 0.6) is 0 Å². The first-order chi connectivity index (χ1) is 18.0. The number of nitrogens with zero attached hydrogens (tertiary/aromatic N) is 3. The fourth-order valence-corrected chi connectivity index (χ4v) is 7.24. The molecular weight excluding hydrogens is 523 g/mol. The molecule has 7 atom stereocenters. The van der Waals surface area contributed by atoms with Crippen molar-refractivity contribution in [3.05, 3.63) is 30.1 Å². The summed E-state index contributed by atoms with van der Waals surface area (Å²) >= 11 is 0. The summed E-state index contributed by atoms with van der Waals surface area (Å²) in [4.78, 5) is 29.4.